The lowest BCUT2D eigenvalue weighted by Gasteiger charge is -2.20. The molecule has 0 aliphatic heterocycles. The number of phenols is 1. The standard InChI is InChI=1S/C32H32N2O6S2/c1-24-9-17-28(18-10-24)41(37,38)33-31-7-4-3-6-30(31)32(36)8-5-22-34(23-21-26-13-15-27(35)16-14-26)42(39,40)29-19-11-25(2)12-20-29/h3-4,6-7,9-20,32-33,35-36H,21-23H2,1-2H3. The van der Waals surface area contributed by atoms with Crippen molar-refractivity contribution < 1.29 is 27.0 Å². The van der Waals surface area contributed by atoms with Crippen LogP contribution in [0.5, 0.6) is 5.75 Å². The first-order valence-corrected chi connectivity index (χ1v) is 16.1. The van der Waals surface area contributed by atoms with Crippen molar-refractivity contribution in [2.24, 2.45) is 0 Å². The van der Waals surface area contributed by atoms with Gasteiger partial charge in [-0.1, -0.05) is 77.6 Å². The summed E-state index contributed by atoms with van der Waals surface area (Å²) in [5, 5.41) is 20.5. The molecular formula is C32H32N2O6S2. The minimum absolute atomic E-state index is 0.0778. The lowest BCUT2D eigenvalue weighted by Crippen LogP contribution is -2.33. The highest BCUT2D eigenvalue weighted by atomic mass is 32.2. The molecule has 0 aliphatic rings. The van der Waals surface area contributed by atoms with Gasteiger partial charge in [0.2, 0.25) is 10.0 Å². The van der Waals surface area contributed by atoms with E-state index in [2.05, 4.69) is 16.6 Å². The van der Waals surface area contributed by atoms with E-state index >= 15 is 0 Å². The number of sulfonamides is 2. The number of nitrogens with one attached hydrogen (secondary N) is 1. The Morgan fingerprint density at radius 1 is 0.786 bits per heavy atom. The van der Waals surface area contributed by atoms with Crippen molar-refractivity contribution in [1.29, 1.82) is 0 Å². The summed E-state index contributed by atoms with van der Waals surface area (Å²) in [5.74, 6) is 5.56. The molecule has 3 N–H and O–H groups in total. The predicted molar refractivity (Wildman–Crippen MR) is 163 cm³/mol. The third kappa shape index (κ3) is 7.78. The Bertz CT molecular complexity index is 1790. The highest BCUT2D eigenvalue weighted by Gasteiger charge is 2.24. The average Bonchev–Trinajstić information content (AvgIpc) is 2.96. The first kappa shape index (κ1) is 30.8. The molecule has 0 fully saturated rings. The number of aliphatic hydroxyl groups is 1. The predicted octanol–water partition coefficient (Wildman–Crippen LogP) is 4.78. The molecule has 218 valence electrons. The van der Waals surface area contributed by atoms with Gasteiger partial charge in [0.05, 0.1) is 22.0 Å². The Kier molecular flexibility index (Phi) is 9.70. The summed E-state index contributed by atoms with van der Waals surface area (Å²) in [7, 11) is -7.84. The van der Waals surface area contributed by atoms with Crippen LogP contribution in [-0.2, 0) is 26.5 Å². The fraction of sp³-hybridized carbons (Fsp3) is 0.188. The highest BCUT2D eigenvalue weighted by Crippen LogP contribution is 2.25. The molecule has 0 aromatic heterocycles. The van der Waals surface area contributed by atoms with Gasteiger partial charge in [0.25, 0.3) is 10.0 Å². The van der Waals surface area contributed by atoms with Gasteiger partial charge in [0.15, 0.2) is 0 Å². The largest absolute Gasteiger partial charge is 0.508 e. The number of aryl methyl sites for hydroxylation is 2. The van der Waals surface area contributed by atoms with E-state index in [1.54, 1.807) is 54.6 Å². The van der Waals surface area contributed by atoms with Crippen LogP contribution in [-0.4, -0.2) is 44.4 Å². The molecule has 0 saturated heterocycles. The maximum atomic E-state index is 13.5. The summed E-state index contributed by atoms with van der Waals surface area (Å²) < 4.78 is 56.7. The third-order valence-electron chi connectivity index (χ3n) is 6.57. The molecule has 1 atom stereocenters. The Hall–Kier alpha value is -4.14. The molecule has 8 nitrogen and oxygen atoms in total. The summed E-state index contributed by atoms with van der Waals surface area (Å²) in [6, 6.07) is 25.8. The number of phenolic OH excluding ortho intramolecular Hbond substituents is 1. The number of nitrogens with zero attached hydrogens (tertiary/aromatic N) is 1. The first-order valence-electron chi connectivity index (χ1n) is 13.2. The second-order valence-electron chi connectivity index (χ2n) is 9.80. The topological polar surface area (TPSA) is 124 Å². The minimum Gasteiger partial charge on any atom is -0.508 e. The van der Waals surface area contributed by atoms with Crippen LogP contribution >= 0.6 is 0 Å². The van der Waals surface area contributed by atoms with Crippen molar-refractivity contribution in [3.05, 3.63) is 119 Å². The van der Waals surface area contributed by atoms with Gasteiger partial charge >= 0.3 is 0 Å². The monoisotopic (exact) mass is 604 g/mol. The summed E-state index contributed by atoms with van der Waals surface area (Å²) in [6.45, 7) is 3.63. The zero-order chi connectivity index (χ0) is 30.3. The van der Waals surface area contributed by atoms with E-state index in [0.29, 0.717) is 6.42 Å². The van der Waals surface area contributed by atoms with Gasteiger partial charge in [0, 0.05) is 12.1 Å². The molecule has 0 spiro atoms. The molecule has 4 aromatic carbocycles. The minimum atomic E-state index is -3.92. The number of hydrogen-bond acceptors (Lipinski definition) is 6. The van der Waals surface area contributed by atoms with Crippen LogP contribution in [0.3, 0.4) is 0 Å². The average molecular weight is 605 g/mol. The number of aromatic hydroxyl groups is 1. The van der Waals surface area contributed by atoms with Gasteiger partial charge in [0.1, 0.15) is 11.9 Å². The van der Waals surface area contributed by atoms with Crippen molar-refractivity contribution in [2.75, 3.05) is 17.8 Å². The number of rotatable bonds is 10. The van der Waals surface area contributed by atoms with Crippen LogP contribution in [0, 0.1) is 25.7 Å². The SMILES string of the molecule is Cc1ccc(S(=O)(=O)Nc2ccccc2C(O)C#CCN(CCc2ccc(O)cc2)S(=O)(=O)c2ccc(C)cc2)cc1. The van der Waals surface area contributed by atoms with E-state index in [1.165, 1.54) is 46.8 Å². The molecule has 1 unspecified atom stereocenters. The zero-order valence-corrected chi connectivity index (χ0v) is 24.9. The van der Waals surface area contributed by atoms with Crippen LogP contribution < -0.4 is 4.72 Å². The fourth-order valence-corrected chi connectivity index (χ4v) is 6.55. The first-order chi connectivity index (χ1) is 20.0. The van der Waals surface area contributed by atoms with E-state index in [0.717, 1.165) is 16.7 Å². The number of hydrogen-bond donors (Lipinski definition) is 3. The third-order valence-corrected chi connectivity index (χ3v) is 9.81. The van der Waals surface area contributed by atoms with Gasteiger partial charge in [-0.05, 0) is 68.3 Å². The second-order valence-corrected chi connectivity index (χ2v) is 13.4. The van der Waals surface area contributed by atoms with Crippen molar-refractivity contribution in [1.82, 2.24) is 4.31 Å². The molecule has 0 radical (unpaired) electrons. The van der Waals surface area contributed by atoms with Crippen molar-refractivity contribution in [2.45, 2.75) is 36.2 Å². The Balaban J connectivity index is 1.56. The van der Waals surface area contributed by atoms with Crippen LogP contribution in [0.4, 0.5) is 5.69 Å². The molecule has 0 saturated carbocycles. The highest BCUT2D eigenvalue weighted by molar-refractivity contribution is 7.92. The molecule has 0 bridgehead atoms. The van der Waals surface area contributed by atoms with E-state index in [-0.39, 0.29) is 39.9 Å². The van der Waals surface area contributed by atoms with Gasteiger partial charge in [-0.25, -0.2) is 16.8 Å². The smallest absolute Gasteiger partial charge is 0.261 e. The van der Waals surface area contributed by atoms with Gasteiger partial charge in [-0.15, -0.1) is 0 Å². The molecule has 0 amide bonds. The molecule has 4 aromatic rings. The Labute approximate surface area is 247 Å². The van der Waals surface area contributed by atoms with Crippen molar-refractivity contribution >= 4 is 25.7 Å². The second kappa shape index (κ2) is 13.2. The van der Waals surface area contributed by atoms with E-state index in [9.17, 15) is 27.0 Å². The van der Waals surface area contributed by atoms with Gasteiger partial charge < -0.3 is 10.2 Å². The molecule has 0 heterocycles. The maximum absolute atomic E-state index is 13.5. The van der Waals surface area contributed by atoms with E-state index < -0.39 is 26.2 Å². The van der Waals surface area contributed by atoms with Crippen LogP contribution in [0.2, 0.25) is 0 Å². The molecule has 42 heavy (non-hydrogen) atoms. The lowest BCUT2D eigenvalue weighted by molar-refractivity contribution is 0.239. The normalized spacial score (nSPS) is 12.4. The Morgan fingerprint density at radius 2 is 1.36 bits per heavy atom. The van der Waals surface area contributed by atoms with Gasteiger partial charge in [-0.3, -0.25) is 4.72 Å². The molecule has 4 rings (SSSR count). The fourth-order valence-electron chi connectivity index (χ4n) is 4.12. The van der Waals surface area contributed by atoms with Crippen molar-refractivity contribution in [3.63, 3.8) is 0 Å². The van der Waals surface area contributed by atoms with Crippen LogP contribution in [0.15, 0.2) is 107 Å². The number of para-hydroxylation sites is 1. The van der Waals surface area contributed by atoms with Crippen LogP contribution in [0.25, 0.3) is 0 Å². The summed E-state index contributed by atoms with van der Waals surface area (Å²) in [4.78, 5) is 0.200. The van der Waals surface area contributed by atoms with E-state index in [4.69, 9.17) is 0 Å². The van der Waals surface area contributed by atoms with Crippen molar-refractivity contribution in [3.8, 4) is 17.6 Å². The van der Waals surface area contributed by atoms with Gasteiger partial charge in [-0.2, -0.15) is 4.31 Å². The maximum Gasteiger partial charge on any atom is 0.261 e. The molecule has 10 heteroatoms. The Morgan fingerprint density at radius 3 is 1.98 bits per heavy atom. The molecule has 0 aliphatic carbocycles. The number of aliphatic hydroxyl groups excluding tert-OH is 1. The number of benzene rings is 4. The molecular weight excluding hydrogens is 572 g/mol. The van der Waals surface area contributed by atoms with Crippen LogP contribution in [0.1, 0.15) is 28.4 Å². The summed E-state index contributed by atoms with van der Waals surface area (Å²) in [5.41, 5.74) is 3.07. The lowest BCUT2D eigenvalue weighted by atomic mass is 10.1. The summed E-state index contributed by atoms with van der Waals surface area (Å²) >= 11 is 0. The summed E-state index contributed by atoms with van der Waals surface area (Å²) in [6.07, 6.45) is -1.01. The zero-order valence-electron chi connectivity index (χ0n) is 23.2. The quantitative estimate of drug-likeness (QED) is 0.224. The number of anilines is 1. The van der Waals surface area contributed by atoms with E-state index in [1.807, 2.05) is 13.8 Å².